The first-order valence-corrected chi connectivity index (χ1v) is 8.98. The molecule has 0 radical (unpaired) electrons. The Morgan fingerprint density at radius 1 is 1.20 bits per heavy atom. The molecule has 0 bridgehead atoms. The average Bonchev–Trinajstić information content (AvgIpc) is 2.60. The molecule has 0 spiro atoms. The van der Waals surface area contributed by atoms with E-state index in [0.717, 1.165) is 16.1 Å². The third kappa shape index (κ3) is 3.96. The van der Waals surface area contributed by atoms with Gasteiger partial charge in [0.15, 0.2) is 0 Å². The van der Waals surface area contributed by atoms with Gasteiger partial charge in [0, 0.05) is 36.8 Å². The SMILES string of the molecule is C[C@@H]1Sc2ccc(C(=O)NCc3ccc(N(C)C)cc3)cc2NC1=O. The number of nitrogens with zero attached hydrogens (tertiary/aromatic N) is 1. The summed E-state index contributed by atoms with van der Waals surface area (Å²) in [4.78, 5) is 27.2. The zero-order chi connectivity index (χ0) is 18.0. The van der Waals surface area contributed by atoms with Gasteiger partial charge in [0.25, 0.3) is 5.91 Å². The highest BCUT2D eigenvalue weighted by Gasteiger charge is 2.23. The Balaban J connectivity index is 1.65. The summed E-state index contributed by atoms with van der Waals surface area (Å²) in [6, 6.07) is 13.5. The summed E-state index contributed by atoms with van der Waals surface area (Å²) in [5, 5.41) is 5.66. The van der Waals surface area contributed by atoms with Crippen molar-refractivity contribution in [3.63, 3.8) is 0 Å². The molecular weight excluding hydrogens is 334 g/mol. The van der Waals surface area contributed by atoms with Crippen molar-refractivity contribution >= 4 is 35.0 Å². The molecule has 1 heterocycles. The molecule has 0 fully saturated rings. The van der Waals surface area contributed by atoms with Crippen LogP contribution in [0.25, 0.3) is 0 Å². The van der Waals surface area contributed by atoms with E-state index in [2.05, 4.69) is 10.6 Å². The number of rotatable bonds is 4. The van der Waals surface area contributed by atoms with Crippen molar-refractivity contribution in [3.8, 4) is 0 Å². The van der Waals surface area contributed by atoms with Crippen LogP contribution < -0.4 is 15.5 Å². The summed E-state index contributed by atoms with van der Waals surface area (Å²) in [5.74, 6) is -0.187. The summed E-state index contributed by atoms with van der Waals surface area (Å²) in [7, 11) is 3.98. The van der Waals surface area contributed by atoms with Gasteiger partial charge in [-0.1, -0.05) is 12.1 Å². The first-order valence-electron chi connectivity index (χ1n) is 8.10. The number of hydrogen-bond donors (Lipinski definition) is 2. The minimum Gasteiger partial charge on any atom is -0.378 e. The standard InChI is InChI=1S/C19H21N3O2S/c1-12-18(23)21-16-10-14(6-9-17(16)25-12)19(24)20-11-13-4-7-15(8-5-13)22(2)3/h4-10,12H,11H2,1-3H3,(H,20,24)(H,21,23)/t12-/m0/s1. The van der Waals surface area contributed by atoms with Crippen molar-refractivity contribution in [2.75, 3.05) is 24.3 Å². The van der Waals surface area contributed by atoms with Gasteiger partial charge in [-0.15, -0.1) is 11.8 Å². The zero-order valence-electron chi connectivity index (χ0n) is 14.5. The number of benzene rings is 2. The second kappa shape index (κ2) is 7.19. The first-order chi connectivity index (χ1) is 11.9. The van der Waals surface area contributed by atoms with Crippen LogP contribution in [0.1, 0.15) is 22.8 Å². The molecule has 1 aliphatic rings. The van der Waals surface area contributed by atoms with Crippen molar-refractivity contribution in [2.45, 2.75) is 23.6 Å². The van der Waals surface area contributed by atoms with Gasteiger partial charge in [0.1, 0.15) is 0 Å². The highest BCUT2D eigenvalue weighted by atomic mass is 32.2. The van der Waals surface area contributed by atoms with E-state index in [-0.39, 0.29) is 17.1 Å². The second-order valence-electron chi connectivity index (χ2n) is 6.20. The van der Waals surface area contributed by atoms with Crippen LogP contribution in [0.3, 0.4) is 0 Å². The lowest BCUT2D eigenvalue weighted by molar-refractivity contribution is -0.115. The number of anilines is 2. The summed E-state index contributed by atoms with van der Waals surface area (Å²) in [6.45, 7) is 2.33. The number of carbonyl (C=O) groups excluding carboxylic acids is 2. The number of thioether (sulfide) groups is 1. The molecular formula is C19H21N3O2S. The molecule has 2 amide bonds. The fourth-order valence-electron chi connectivity index (χ4n) is 2.55. The van der Waals surface area contributed by atoms with E-state index in [1.807, 2.05) is 56.3 Å². The van der Waals surface area contributed by atoms with E-state index in [9.17, 15) is 9.59 Å². The molecule has 0 aliphatic carbocycles. The van der Waals surface area contributed by atoms with Crippen LogP contribution in [-0.4, -0.2) is 31.2 Å². The van der Waals surface area contributed by atoms with Gasteiger partial charge in [-0.25, -0.2) is 0 Å². The van der Waals surface area contributed by atoms with Crippen LogP contribution in [0.15, 0.2) is 47.4 Å². The van der Waals surface area contributed by atoms with Gasteiger partial charge >= 0.3 is 0 Å². The van der Waals surface area contributed by atoms with Gasteiger partial charge in [-0.05, 0) is 42.8 Å². The zero-order valence-corrected chi connectivity index (χ0v) is 15.3. The maximum Gasteiger partial charge on any atom is 0.251 e. The molecule has 1 atom stereocenters. The quantitative estimate of drug-likeness (QED) is 0.885. The number of carbonyl (C=O) groups is 2. The van der Waals surface area contributed by atoms with Crippen LogP contribution >= 0.6 is 11.8 Å². The van der Waals surface area contributed by atoms with Gasteiger partial charge < -0.3 is 15.5 Å². The summed E-state index contributed by atoms with van der Waals surface area (Å²) in [6.07, 6.45) is 0. The predicted molar refractivity (Wildman–Crippen MR) is 102 cm³/mol. The van der Waals surface area contributed by atoms with E-state index in [1.54, 1.807) is 12.1 Å². The monoisotopic (exact) mass is 355 g/mol. The molecule has 0 saturated carbocycles. The fraction of sp³-hybridized carbons (Fsp3) is 0.263. The van der Waals surface area contributed by atoms with E-state index in [1.165, 1.54) is 11.8 Å². The van der Waals surface area contributed by atoms with Crippen molar-refractivity contribution in [2.24, 2.45) is 0 Å². The maximum atomic E-state index is 12.4. The van der Waals surface area contributed by atoms with Crippen LogP contribution in [0.2, 0.25) is 0 Å². The molecule has 5 nitrogen and oxygen atoms in total. The summed E-state index contributed by atoms with van der Waals surface area (Å²) in [5.41, 5.74) is 3.40. The average molecular weight is 355 g/mol. The Kier molecular flexibility index (Phi) is 4.99. The third-order valence-electron chi connectivity index (χ3n) is 4.08. The first kappa shape index (κ1) is 17.4. The molecule has 2 aromatic rings. The Bertz CT molecular complexity index is 803. The number of amides is 2. The van der Waals surface area contributed by atoms with Gasteiger partial charge in [-0.2, -0.15) is 0 Å². The van der Waals surface area contributed by atoms with Gasteiger partial charge in [0.05, 0.1) is 10.9 Å². The van der Waals surface area contributed by atoms with Gasteiger partial charge in [0.2, 0.25) is 5.91 Å². The van der Waals surface area contributed by atoms with Crippen LogP contribution in [0.5, 0.6) is 0 Å². The van der Waals surface area contributed by atoms with Crippen molar-refractivity contribution < 1.29 is 9.59 Å². The fourth-order valence-corrected chi connectivity index (χ4v) is 3.48. The van der Waals surface area contributed by atoms with Crippen LogP contribution in [0, 0.1) is 0 Å². The normalized spacial score (nSPS) is 16.0. The second-order valence-corrected chi connectivity index (χ2v) is 7.59. The molecule has 2 aromatic carbocycles. The Hall–Kier alpha value is -2.47. The Morgan fingerprint density at radius 3 is 2.60 bits per heavy atom. The lowest BCUT2D eigenvalue weighted by atomic mass is 10.1. The van der Waals surface area contributed by atoms with Crippen LogP contribution in [-0.2, 0) is 11.3 Å². The molecule has 130 valence electrons. The molecule has 0 unspecified atom stereocenters. The molecule has 0 saturated heterocycles. The highest BCUT2D eigenvalue weighted by molar-refractivity contribution is 8.00. The minimum absolute atomic E-state index is 0.0314. The Labute approximate surface area is 151 Å². The molecule has 0 aromatic heterocycles. The smallest absolute Gasteiger partial charge is 0.251 e. The topological polar surface area (TPSA) is 61.4 Å². The highest BCUT2D eigenvalue weighted by Crippen LogP contribution is 2.35. The summed E-state index contributed by atoms with van der Waals surface area (Å²) >= 11 is 1.51. The number of fused-ring (bicyclic) bond motifs is 1. The minimum atomic E-state index is -0.155. The lowest BCUT2D eigenvalue weighted by Crippen LogP contribution is -2.27. The Morgan fingerprint density at radius 2 is 1.92 bits per heavy atom. The van der Waals surface area contributed by atoms with Crippen molar-refractivity contribution in [1.82, 2.24) is 5.32 Å². The third-order valence-corrected chi connectivity index (χ3v) is 5.26. The van der Waals surface area contributed by atoms with Crippen molar-refractivity contribution in [3.05, 3.63) is 53.6 Å². The van der Waals surface area contributed by atoms with E-state index in [0.29, 0.717) is 17.8 Å². The molecule has 6 heteroatoms. The van der Waals surface area contributed by atoms with Gasteiger partial charge in [-0.3, -0.25) is 9.59 Å². The summed E-state index contributed by atoms with van der Waals surface area (Å²) < 4.78 is 0. The maximum absolute atomic E-state index is 12.4. The molecule has 3 rings (SSSR count). The largest absolute Gasteiger partial charge is 0.378 e. The molecule has 1 aliphatic heterocycles. The molecule has 2 N–H and O–H groups in total. The number of hydrogen-bond acceptors (Lipinski definition) is 4. The lowest BCUT2D eigenvalue weighted by Gasteiger charge is -2.21. The predicted octanol–water partition coefficient (Wildman–Crippen LogP) is 3.12. The molecule has 25 heavy (non-hydrogen) atoms. The van der Waals surface area contributed by atoms with Crippen LogP contribution in [0.4, 0.5) is 11.4 Å². The number of nitrogens with one attached hydrogen (secondary N) is 2. The van der Waals surface area contributed by atoms with E-state index in [4.69, 9.17) is 0 Å². The van der Waals surface area contributed by atoms with E-state index < -0.39 is 0 Å². The van der Waals surface area contributed by atoms with E-state index >= 15 is 0 Å². The van der Waals surface area contributed by atoms with Crippen molar-refractivity contribution in [1.29, 1.82) is 0 Å².